The summed E-state index contributed by atoms with van der Waals surface area (Å²) in [5, 5.41) is 0. The molecule has 0 amide bonds. The van der Waals surface area contributed by atoms with E-state index in [9.17, 15) is 4.79 Å². The van der Waals surface area contributed by atoms with Crippen molar-refractivity contribution in [2.45, 2.75) is 31.7 Å². The maximum Gasteiger partial charge on any atom is 0.282 e. The smallest absolute Gasteiger partial charge is 0.282 e. The second kappa shape index (κ2) is 2.57. The second-order valence-electron chi connectivity index (χ2n) is 3.01. The highest BCUT2D eigenvalue weighted by atomic mass is 16.5. The standard InChI is InChI=1S/C8H11NO2/c10-8-5-6-11-9(8)7-3-1-2-4-7/h5-7H,1-4H2. The molecule has 1 aliphatic rings. The van der Waals surface area contributed by atoms with Crippen molar-refractivity contribution < 1.29 is 4.52 Å². The number of hydrogen-bond acceptors (Lipinski definition) is 2. The molecule has 0 saturated heterocycles. The number of aromatic nitrogens is 1. The third kappa shape index (κ3) is 1.11. The molecule has 1 aromatic heterocycles. The number of nitrogens with zero attached hydrogens (tertiary/aromatic N) is 1. The topological polar surface area (TPSA) is 35.1 Å². The molecule has 0 spiro atoms. The average Bonchev–Trinajstić information content (AvgIpc) is 2.55. The molecule has 0 radical (unpaired) electrons. The van der Waals surface area contributed by atoms with Crippen LogP contribution in [0, 0.1) is 0 Å². The predicted octanol–water partition coefficient (Wildman–Crippen LogP) is 1.56. The van der Waals surface area contributed by atoms with Crippen LogP contribution in [0.3, 0.4) is 0 Å². The molecule has 3 nitrogen and oxygen atoms in total. The summed E-state index contributed by atoms with van der Waals surface area (Å²) < 4.78 is 6.55. The maximum atomic E-state index is 11.1. The predicted molar refractivity (Wildman–Crippen MR) is 40.5 cm³/mol. The summed E-state index contributed by atoms with van der Waals surface area (Å²) in [6, 6.07) is 1.80. The number of rotatable bonds is 1. The fourth-order valence-corrected chi connectivity index (χ4v) is 1.68. The van der Waals surface area contributed by atoms with Crippen molar-refractivity contribution in [2.75, 3.05) is 0 Å². The van der Waals surface area contributed by atoms with Crippen LogP contribution in [0.5, 0.6) is 0 Å². The quantitative estimate of drug-likeness (QED) is 0.613. The third-order valence-corrected chi connectivity index (χ3v) is 2.26. The maximum absolute atomic E-state index is 11.1. The number of hydrogen-bond donors (Lipinski definition) is 0. The van der Waals surface area contributed by atoms with Crippen molar-refractivity contribution in [3.05, 3.63) is 22.7 Å². The van der Waals surface area contributed by atoms with E-state index in [1.807, 2.05) is 0 Å². The van der Waals surface area contributed by atoms with Crippen LogP contribution >= 0.6 is 0 Å². The molecule has 1 fully saturated rings. The molecule has 0 unspecified atom stereocenters. The van der Waals surface area contributed by atoms with E-state index in [1.165, 1.54) is 29.9 Å². The normalized spacial score (nSPS) is 19.3. The van der Waals surface area contributed by atoms with E-state index < -0.39 is 0 Å². The summed E-state index contributed by atoms with van der Waals surface area (Å²) in [5.74, 6) is 0. The highest BCUT2D eigenvalue weighted by Gasteiger charge is 2.19. The molecule has 2 rings (SSSR count). The van der Waals surface area contributed by atoms with Crippen LogP contribution in [0.1, 0.15) is 31.7 Å². The minimum Gasteiger partial charge on any atom is -0.384 e. The van der Waals surface area contributed by atoms with Gasteiger partial charge in [0.05, 0.1) is 6.04 Å². The highest BCUT2D eigenvalue weighted by Crippen LogP contribution is 2.27. The first kappa shape index (κ1) is 6.70. The van der Waals surface area contributed by atoms with Crippen molar-refractivity contribution in [3.8, 4) is 0 Å². The van der Waals surface area contributed by atoms with Gasteiger partial charge in [-0.2, -0.15) is 4.74 Å². The average molecular weight is 153 g/mol. The second-order valence-corrected chi connectivity index (χ2v) is 3.01. The Morgan fingerprint density at radius 3 is 2.73 bits per heavy atom. The monoisotopic (exact) mass is 153 g/mol. The van der Waals surface area contributed by atoms with Crippen LogP contribution in [0.2, 0.25) is 0 Å². The first-order valence-electron chi connectivity index (χ1n) is 4.04. The van der Waals surface area contributed by atoms with Crippen molar-refractivity contribution >= 4 is 0 Å². The molecule has 0 aromatic carbocycles. The largest absolute Gasteiger partial charge is 0.384 e. The Morgan fingerprint density at radius 2 is 2.18 bits per heavy atom. The lowest BCUT2D eigenvalue weighted by Gasteiger charge is -2.05. The molecule has 1 saturated carbocycles. The van der Waals surface area contributed by atoms with Crippen LogP contribution in [0.25, 0.3) is 0 Å². The summed E-state index contributed by atoms with van der Waals surface area (Å²) in [6.45, 7) is 0. The Kier molecular flexibility index (Phi) is 1.56. The SMILES string of the molecule is O=c1ccon1C1CCCC1. The van der Waals surface area contributed by atoms with Gasteiger partial charge >= 0.3 is 0 Å². The molecule has 1 aromatic rings. The molecular formula is C8H11NO2. The Morgan fingerprint density at radius 1 is 1.45 bits per heavy atom. The van der Waals surface area contributed by atoms with E-state index in [2.05, 4.69) is 0 Å². The van der Waals surface area contributed by atoms with Crippen molar-refractivity contribution in [1.29, 1.82) is 0 Å². The fraction of sp³-hybridized carbons (Fsp3) is 0.625. The first-order chi connectivity index (χ1) is 5.38. The molecule has 1 aliphatic carbocycles. The van der Waals surface area contributed by atoms with Gasteiger partial charge in [-0.15, -0.1) is 0 Å². The van der Waals surface area contributed by atoms with Gasteiger partial charge in [0.2, 0.25) is 0 Å². The Labute approximate surface area is 64.6 Å². The van der Waals surface area contributed by atoms with E-state index in [0.717, 1.165) is 12.8 Å². The van der Waals surface area contributed by atoms with Crippen LogP contribution in [0.15, 0.2) is 21.6 Å². The minimum atomic E-state index is -0.00287. The Bertz CT molecular complexity index is 280. The zero-order valence-electron chi connectivity index (χ0n) is 6.32. The van der Waals surface area contributed by atoms with E-state index in [0.29, 0.717) is 6.04 Å². The zero-order chi connectivity index (χ0) is 7.68. The van der Waals surface area contributed by atoms with Crippen LogP contribution in [-0.4, -0.2) is 4.74 Å². The van der Waals surface area contributed by atoms with Crippen molar-refractivity contribution in [1.82, 2.24) is 4.74 Å². The van der Waals surface area contributed by atoms with Gasteiger partial charge in [0.15, 0.2) is 0 Å². The molecule has 0 atom stereocenters. The third-order valence-electron chi connectivity index (χ3n) is 2.26. The van der Waals surface area contributed by atoms with Crippen LogP contribution in [-0.2, 0) is 0 Å². The van der Waals surface area contributed by atoms with E-state index in [-0.39, 0.29) is 5.56 Å². The van der Waals surface area contributed by atoms with Gasteiger partial charge in [-0.05, 0) is 12.8 Å². The van der Waals surface area contributed by atoms with Gasteiger partial charge in [0.1, 0.15) is 6.26 Å². The van der Waals surface area contributed by atoms with E-state index in [4.69, 9.17) is 4.52 Å². The lowest BCUT2D eigenvalue weighted by molar-refractivity contribution is 0.212. The van der Waals surface area contributed by atoms with Crippen LogP contribution < -0.4 is 5.56 Å². The molecule has 0 N–H and O–H groups in total. The zero-order valence-corrected chi connectivity index (χ0v) is 6.32. The molecule has 11 heavy (non-hydrogen) atoms. The minimum absolute atomic E-state index is 0.00287. The molecule has 0 aliphatic heterocycles. The molecule has 1 heterocycles. The first-order valence-corrected chi connectivity index (χ1v) is 4.04. The molecular weight excluding hydrogens is 142 g/mol. The van der Waals surface area contributed by atoms with E-state index >= 15 is 0 Å². The Balaban J connectivity index is 2.28. The van der Waals surface area contributed by atoms with Gasteiger partial charge < -0.3 is 4.52 Å². The van der Waals surface area contributed by atoms with Gasteiger partial charge in [-0.1, -0.05) is 12.8 Å². The van der Waals surface area contributed by atoms with Gasteiger partial charge in [-0.25, -0.2) is 0 Å². The molecule has 3 heteroatoms. The van der Waals surface area contributed by atoms with E-state index in [1.54, 1.807) is 0 Å². The van der Waals surface area contributed by atoms with Crippen LogP contribution in [0.4, 0.5) is 0 Å². The fourth-order valence-electron chi connectivity index (χ4n) is 1.68. The van der Waals surface area contributed by atoms with Gasteiger partial charge in [-0.3, -0.25) is 4.79 Å². The van der Waals surface area contributed by atoms with Crippen molar-refractivity contribution in [3.63, 3.8) is 0 Å². The molecule has 60 valence electrons. The summed E-state index contributed by atoms with van der Waals surface area (Å²) in [7, 11) is 0. The molecule has 0 bridgehead atoms. The van der Waals surface area contributed by atoms with Gasteiger partial charge in [0.25, 0.3) is 5.56 Å². The Hall–Kier alpha value is -0.990. The summed E-state index contributed by atoms with van der Waals surface area (Å²) >= 11 is 0. The summed E-state index contributed by atoms with van der Waals surface area (Å²) in [4.78, 5) is 11.1. The summed E-state index contributed by atoms with van der Waals surface area (Å²) in [5.41, 5.74) is -0.00287. The highest BCUT2D eigenvalue weighted by molar-refractivity contribution is 4.81. The van der Waals surface area contributed by atoms with Crippen molar-refractivity contribution in [2.24, 2.45) is 0 Å². The lowest BCUT2D eigenvalue weighted by atomic mass is 10.3. The lowest BCUT2D eigenvalue weighted by Crippen LogP contribution is -2.17. The summed E-state index contributed by atoms with van der Waals surface area (Å²) in [6.07, 6.45) is 6.08. The van der Waals surface area contributed by atoms with Gasteiger partial charge in [0, 0.05) is 6.07 Å².